The summed E-state index contributed by atoms with van der Waals surface area (Å²) in [7, 11) is 5.25. The van der Waals surface area contributed by atoms with Gasteiger partial charge in [0.15, 0.2) is 0 Å². The lowest BCUT2D eigenvalue weighted by Crippen LogP contribution is -2.44. The Morgan fingerprint density at radius 3 is 2.26 bits per heavy atom. The molecule has 226 valence electrons. The highest BCUT2D eigenvalue weighted by Crippen LogP contribution is 2.40. The van der Waals surface area contributed by atoms with Crippen molar-refractivity contribution in [2.45, 2.75) is 51.2 Å². The Morgan fingerprint density at radius 2 is 1.65 bits per heavy atom. The maximum Gasteiger partial charge on any atom is 0.266 e. The second-order valence-corrected chi connectivity index (χ2v) is 12.3. The first-order valence-electron chi connectivity index (χ1n) is 14.2. The fourth-order valence-electron chi connectivity index (χ4n) is 5.73. The maximum atomic E-state index is 14.7. The molecule has 4 aromatic rings. The molecule has 1 aromatic heterocycles. The lowest BCUT2D eigenvalue weighted by Gasteiger charge is -2.37. The van der Waals surface area contributed by atoms with Gasteiger partial charge in [-0.25, -0.2) is 8.78 Å². The number of nitrogens with zero attached hydrogens (tertiary/aromatic N) is 2. The van der Waals surface area contributed by atoms with Crippen LogP contribution >= 0.6 is 22.9 Å². The SMILES string of the molecule is CN[C@H]1CC[C@H](N(Cc2cc(-c3ccc(N(C)C(C)=O)cc3)ccc2OC)C(=O)c2sc3c(F)ccc(F)c3c2Cl)CC1. The number of rotatable bonds is 8. The average Bonchev–Trinajstić information content (AvgIpc) is 3.39. The van der Waals surface area contributed by atoms with Gasteiger partial charge in [-0.2, -0.15) is 0 Å². The minimum atomic E-state index is -0.660. The molecule has 0 bridgehead atoms. The number of carbonyl (C=O) groups is 2. The van der Waals surface area contributed by atoms with Crippen molar-refractivity contribution >= 4 is 50.5 Å². The molecule has 1 heterocycles. The Labute approximate surface area is 259 Å². The van der Waals surface area contributed by atoms with Gasteiger partial charge in [0.05, 0.1) is 22.2 Å². The van der Waals surface area contributed by atoms with Crippen LogP contribution in [0.3, 0.4) is 0 Å². The zero-order chi connectivity index (χ0) is 30.8. The highest BCUT2D eigenvalue weighted by atomic mass is 35.5. The molecule has 1 fully saturated rings. The summed E-state index contributed by atoms with van der Waals surface area (Å²) in [4.78, 5) is 29.5. The maximum absolute atomic E-state index is 14.7. The van der Waals surface area contributed by atoms with Crippen LogP contribution in [0.5, 0.6) is 5.75 Å². The van der Waals surface area contributed by atoms with Crippen molar-refractivity contribution < 1.29 is 23.1 Å². The number of ether oxygens (including phenoxy) is 1. The molecule has 0 unspecified atom stereocenters. The fraction of sp³-hybridized carbons (Fsp3) is 0.333. The molecule has 1 N–H and O–H groups in total. The topological polar surface area (TPSA) is 61.9 Å². The van der Waals surface area contributed by atoms with Crippen LogP contribution in [-0.2, 0) is 11.3 Å². The molecule has 5 rings (SSSR count). The van der Waals surface area contributed by atoms with Crippen LogP contribution in [0.25, 0.3) is 21.2 Å². The number of fused-ring (bicyclic) bond motifs is 1. The van der Waals surface area contributed by atoms with Gasteiger partial charge in [0.1, 0.15) is 22.3 Å². The second kappa shape index (κ2) is 13.0. The first kappa shape index (κ1) is 30.9. The number of methoxy groups -OCH3 is 1. The van der Waals surface area contributed by atoms with E-state index in [1.165, 1.54) is 6.92 Å². The Bertz CT molecular complexity index is 1650. The van der Waals surface area contributed by atoms with E-state index in [0.717, 1.165) is 71.5 Å². The number of thiophene rings is 1. The molecule has 1 aliphatic rings. The molecule has 43 heavy (non-hydrogen) atoms. The predicted molar refractivity (Wildman–Crippen MR) is 169 cm³/mol. The minimum Gasteiger partial charge on any atom is -0.496 e. The number of hydrogen-bond donors (Lipinski definition) is 1. The summed E-state index contributed by atoms with van der Waals surface area (Å²) in [6.07, 6.45) is 3.34. The zero-order valence-electron chi connectivity index (χ0n) is 24.5. The van der Waals surface area contributed by atoms with E-state index in [1.807, 2.05) is 49.5 Å². The average molecular weight is 626 g/mol. The van der Waals surface area contributed by atoms with Crippen molar-refractivity contribution in [2.75, 3.05) is 26.1 Å². The molecule has 2 amide bonds. The molecule has 0 spiro atoms. The highest BCUT2D eigenvalue weighted by Gasteiger charge is 2.33. The number of benzene rings is 3. The Kier molecular flexibility index (Phi) is 9.34. The summed E-state index contributed by atoms with van der Waals surface area (Å²) >= 11 is 7.46. The summed E-state index contributed by atoms with van der Waals surface area (Å²) in [6.45, 7) is 1.74. The first-order chi connectivity index (χ1) is 20.6. The van der Waals surface area contributed by atoms with E-state index in [4.69, 9.17) is 16.3 Å². The van der Waals surface area contributed by atoms with Gasteiger partial charge >= 0.3 is 0 Å². The van der Waals surface area contributed by atoms with Crippen LogP contribution in [0.4, 0.5) is 14.5 Å². The van der Waals surface area contributed by atoms with Gasteiger partial charge < -0.3 is 19.9 Å². The Balaban J connectivity index is 1.53. The number of anilines is 1. The molecule has 6 nitrogen and oxygen atoms in total. The quantitative estimate of drug-likeness (QED) is 0.218. The van der Waals surface area contributed by atoms with Crippen molar-refractivity contribution in [3.8, 4) is 16.9 Å². The van der Waals surface area contributed by atoms with Gasteiger partial charge in [-0.1, -0.05) is 29.8 Å². The second-order valence-electron chi connectivity index (χ2n) is 10.9. The van der Waals surface area contributed by atoms with Gasteiger partial charge in [-0.15, -0.1) is 11.3 Å². The van der Waals surface area contributed by atoms with Gasteiger partial charge in [0.25, 0.3) is 5.91 Å². The van der Waals surface area contributed by atoms with E-state index >= 15 is 0 Å². The van der Waals surface area contributed by atoms with Crippen molar-refractivity contribution in [3.05, 3.63) is 81.7 Å². The summed E-state index contributed by atoms with van der Waals surface area (Å²) in [5.74, 6) is -1.07. The van der Waals surface area contributed by atoms with E-state index in [1.54, 1.807) is 24.0 Å². The molecule has 0 atom stereocenters. The standard InChI is InChI=1S/C33H34ClF2N3O3S/c1-19(40)38(3)24-10-5-20(6-11-24)21-7-16-28(42-4)22(17-21)18-39(25-12-8-23(37-2)9-13-25)33(41)32-30(34)29-26(35)14-15-27(36)31(29)43-32/h5-7,10-11,14-17,23,25,37H,8-9,12-13,18H2,1-4H3/t23-,25-. The molecule has 1 aliphatic carbocycles. The van der Waals surface area contributed by atoms with Crippen LogP contribution in [0.15, 0.2) is 54.6 Å². The van der Waals surface area contributed by atoms with Gasteiger partial charge in [-0.05, 0) is 80.3 Å². The van der Waals surface area contributed by atoms with Crippen LogP contribution in [-0.4, -0.2) is 50.0 Å². The van der Waals surface area contributed by atoms with Crippen molar-refractivity contribution in [1.29, 1.82) is 0 Å². The molecule has 1 saturated carbocycles. The number of halogens is 3. The van der Waals surface area contributed by atoms with E-state index in [-0.39, 0.29) is 44.4 Å². The smallest absolute Gasteiger partial charge is 0.266 e. The van der Waals surface area contributed by atoms with E-state index in [0.29, 0.717) is 11.8 Å². The number of nitrogens with one attached hydrogen (secondary N) is 1. The third-order valence-corrected chi connectivity index (χ3v) is 10.0. The number of hydrogen-bond acceptors (Lipinski definition) is 5. The fourth-order valence-corrected chi connectivity index (χ4v) is 7.24. The summed E-state index contributed by atoms with van der Waals surface area (Å²) in [5, 5.41) is 3.20. The van der Waals surface area contributed by atoms with E-state index in [9.17, 15) is 18.4 Å². The third kappa shape index (κ3) is 6.25. The van der Waals surface area contributed by atoms with Gasteiger partial charge in [-0.3, -0.25) is 9.59 Å². The van der Waals surface area contributed by atoms with Crippen LogP contribution in [0.2, 0.25) is 5.02 Å². The molecule has 0 saturated heterocycles. The third-order valence-electron chi connectivity index (χ3n) is 8.36. The molecule has 10 heteroatoms. The van der Waals surface area contributed by atoms with Crippen LogP contribution in [0, 0.1) is 11.6 Å². The van der Waals surface area contributed by atoms with Crippen LogP contribution < -0.4 is 15.0 Å². The summed E-state index contributed by atoms with van der Waals surface area (Å²) < 4.78 is 35.1. The van der Waals surface area contributed by atoms with Gasteiger partial charge in [0.2, 0.25) is 5.91 Å². The molecular formula is C33H34ClF2N3O3S. The molecule has 3 aromatic carbocycles. The predicted octanol–water partition coefficient (Wildman–Crippen LogP) is 7.66. The molecular weight excluding hydrogens is 592 g/mol. The number of amides is 2. The lowest BCUT2D eigenvalue weighted by molar-refractivity contribution is -0.116. The van der Waals surface area contributed by atoms with Crippen molar-refractivity contribution in [2.24, 2.45) is 0 Å². The highest BCUT2D eigenvalue weighted by molar-refractivity contribution is 7.21. The normalized spacial score (nSPS) is 16.7. The Morgan fingerprint density at radius 1 is 1.00 bits per heavy atom. The zero-order valence-corrected chi connectivity index (χ0v) is 26.1. The first-order valence-corrected chi connectivity index (χ1v) is 15.4. The Hall–Kier alpha value is -3.53. The van der Waals surface area contributed by atoms with Gasteiger partial charge in [0, 0.05) is 43.9 Å². The molecule has 0 aliphatic heterocycles. The van der Waals surface area contributed by atoms with E-state index in [2.05, 4.69) is 5.32 Å². The monoisotopic (exact) mass is 625 g/mol. The largest absolute Gasteiger partial charge is 0.496 e. The van der Waals surface area contributed by atoms with Crippen molar-refractivity contribution in [3.63, 3.8) is 0 Å². The summed E-state index contributed by atoms with van der Waals surface area (Å²) in [5.41, 5.74) is 3.44. The summed E-state index contributed by atoms with van der Waals surface area (Å²) in [6, 6.07) is 15.8. The molecule has 0 radical (unpaired) electrons. The van der Waals surface area contributed by atoms with Crippen LogP contribution in [0.1, 0.15) is 47.8 Å². The lowest BCUT2D eigenvalue weighted by atomic mass is 9.89. The van der Waals surface area contributed by atoms with E-state index < -0.39 is 11.6 Å². The number of carbonyl (C=O) groups excluding carboxylic acids is 2. The van der Waals surface area contributed by atoms with Crippen molar-refractivity contribution in [1.82, 2.24) is 10.2 Å². The minimum absolute atomic E-state index is 0.0330.